The van der Waals surface area contributed by atoms with Crippen LogP contribution in [0.25, 0.3) is 0 Å². The average molecular weight is 228 g/mol. The van der Waals surface area contributed by atoms with E-state index in [-0.39, 0.29) is 29.6 Å². The Morgan fingerprint density at radius 2 is 1.54 bits per heavy atom. The molecule has 0 aromatic heterocycles. The molecule has 0 aliphatic carbocycles. The van der Waals surface area contributed by atoms with Crippen molar-refractivity contribution in [3.05, 3.63) is 42.8 Å². The van der Waals surface area contributed by atoms with E-state index in [9.17, 15) is 0 Å². The summed E-state index contributed by atoms with van der Waals surface area (Å²) in [4.78, 5) is 0. The number of benzene rings is 1. The minimum Gasteiger partial charge on any atom is -0.285 e. The third kappa shape index (κ3) is 19.0. The van der Waals surface area contributed by atoms with Crippen LogP contribution in [0, 0.1) is 6.92 Å². The van der Waals surface area contributed by atoms with Crippen LogP contribution in [0.5, 0.6) is 0 Å². The van der Waals surface area contributed by atoms with E-state index in [0.29, 0.717) is 0 Å². The van der Waals surface area contributed by atoms with E-state index < -0.39 is 9.05 Å². The molecular weight excluding hydrogens is 219 g/mol. The zero-order valence-corrected chi connectivity index (χ0v) is 10.8. The Bertz CT molecular complexity index is 302. The topological polar surface area (TPSA) is 57.5 Å². The summed E-state index contributed by atoms with van der Waals surface area (Å²) < 4.78 is 24.0. The second-order valence-electron chi connectivity index (χ2n) is 1.93. The predicted octanol–water partition coefficient (Wildman–Crippen LogP) is -1.45. The molecule has 0 unspecified atom stereocenters. The van der Waals surface area contributed by atoms with Crippen LogP contribution in [0.3, 0.4) is 0 Å². The quantitative estimate of drug-likeness (QED) is 0.421. The second kappa shape index (κ2) is 7.75. The van der Waals surface area contributed by atoms with E-state index >= 15 is 0 Å². The first kappa shape index (κ1) is 15.8. The SMILES string of the molecule is O=S(O)(O)=S.[CH2-]c1ccccc1.[Na+]. The van der Waals surface area contributed by atoms with Gasteiger partial charge in [0.2, 0.25) is 0 Å². The molecular formula is C7H9NaO3S2. The molecule has 13 heavy (non-hydrogen) atoms. The van der Waals surface area contributed by atoms with Crippen LogP contribution in [0.4, 0.5) is 0 Å². The van der Waals surface area contributed by atoms with Gasteiger partial charge in [0, 0.05) is 11.2 Å². The van der Waals surface area contributed by atoms with Crippen LogP contribution in [0.15, 0.2) is 30.3 Å². The Hall–Kier alpha value is 0.380. The van der Waals surface area contributed by atoms with Crippen molar-refractivity contribution in [3.8, 4) is 0 Å². The fourth-order valence-corrected chi connectivity index (χ4v) is 0.478. The summed E-state index contributed by atoms with van der Waals surface area (Å²) in [6.45, 7) is 3.72. The van der Waals surface area contributed by atoms with Gasteiger partial charge >= 0.3 is 29.6 Å². The minimum atomic E-state index is -3.83. The molecule has 0 saturated heterocycles. The first-order chi connectivity index (χ1) is 5.39. The Kier molecular flexibility index (Phi) is 9.44. The molecule has 2 N–H and O–H groups in total. The van der Waals surface area contributed by atoms with E-state index in [1.54, 1.807) is 0 Å². The summed E-state index contributed by atoms with van der Waals surface area (Å²) >= 11 is 3.47. The Balaban J connectivity index is 0. The molecule has 6 heteroatoms. The number of rotatable bonds is 0. The maximum atomic E-state index is 9.11. The summed E-state index contributed by atoms with van der Waals surface area (Å²) in [7, 11) is -3.83. The maximum Gasteiger partial charge on any atom is 1.00 e. The molecule has 68 valence electrons. The molecule has 0 bridgehead atoms. The molecule has 0 saturated carbocycles. The molecule has 1 aromatic rings. The van der Waals surface area contributed by atoms with Crippen LogP contribution < -0.4 is 29.6 Å². The summed E-state index contributed by atoms with van der Waals surface area (Å²) in [5.41, 5.74) is 1.07. The van der Waals surface area contributed by atoms with Crippen molar-refractivity contribution in [3.63, 3.8) is 0 Å². The fourth-order valence-electron chi connectivity index (χ4n) is 0.478. The summed E-state index contributed by atoms with van der Waals surface area (Å²) in [5, 5.41) is 0. The van der Waals surface area contributed by atoms with Crippen molar-refractivity contribution in [1.82, 2.24) is 0 Å². The van der Waals surface area contributed by atoms with Crippen LogP contribution in [-0.4, -0.2) is 13.3 Å². The largest absolute Gasteiger partial charge is 1.00 e. The molecule has 0 aliphatic heterocycles. The molecule has 1 rings (SSSR count). The first-order valence-electron chi connectivity index (χ1n) is 2.96. The van der Waals surface area contributed by atoms with Crippen LogP contribution in [0.1, 0.15) is 5.56 Å². The summed E-state index contributed by atoms with van der Waals surface area (Å²) in [5.74, 6) is 0. The Morgan fingerprint density at radius 3 is 1.69 bits per heavy atom. The van der Waals surface area contributed by atoms with E-state index in [1.165, 1.54) is 0 Å². The molecule has 0 amide bonds. The van der Waals surface area contributed by atoms with Crippen molar-refractivity contribution < 1.29 is 42.9 Å². The van der Waals surface area contributed by atoms with Gasteiger partial charge in [-0.05, 0) is 0 Å². The van der Waals surface area contributed by atoms with Gasteiger partial charge in [-0.3, -0.25) is 9.11 Å². The van der Waals surface area contributed by atoms with Gasteiger partial charge in [-0.15, -0.1) is 12.1 Å². The fraction of sp³-hybridized carbons (Fsp3) is 0. The van der Waals surface area contributed by atoms with Crippen molar-refractivity contribution in [2.75, 3.05) is 0 Å². The molecule has 0 radical (unpaired) electrons. The van der Waals surface area contributed by atoms with Crippen molar-refractivity contribution in [2.24, 2.45) is 0 Å². The van der Waals surface area contributed by atoms with Gasteiger partial charge in [0.25, 0.3) is 9.05 Å². The standard InChI is InChI=1S/C7H7.Na.H2O3S2/c1-7-5-3-2-4-6-7;;1-5(2,3)4/h2-6H,1H2;;(H2,1,2,3,4)/q-1;+1;. The summed E-state index contributed by atoms with van der Waals surface area (Å²) in [6, 6.07) is 9.87. The van der Waals surface area contributed by atoms with Crippen molar-refractivity contribution in [1.29, 1.82) is 0 Å². The summed E-state index contributed by atoms with van der Waals surface area (Å²) in [6.07, 6.45) is 0. The van der Waals surface area contributed by atoms with Gasteiger partial charge < -0.3 is 0 Å². The Morgan fingerprint density at radius 1 is 1.23 bits per heavy atom. The minimum absolute atomic E-state index is 0. The maximum absolute atomic E-state index is 9.11. The van der Waals surface area contributed by atoms with Gasteiger partial charge in [-0.1, -0.05) is 6.07 Å². The van der Waals surface area contributed by atoms with E-state index in [2.05, 4.69) is 18.1 Å². The molecule has 0 aliphatic rings. The molecule has 0 spiro atoms. The van der Waals surface area contributed by atoms with Crippen LogP contribution >= 0.6 is 0 Å². The van der Waals surface area contributed by atoms with E-state index in [1.807, 2.05) is 30.3 Å². The van der Waals surface area contributed by atoms with E-state index in [4.69, 9.17) is 13.3 Å². The van der Waals surface area contributed by atoms with Gasteiger partial charge in [0.15, 0.2) is 0 Å². The van der Waals surface area contributed by atoms with Crippen LogP contribution in [-0.2, 0) is 20.2 Å². The molecule has 0 atom stereocenters. The zero-order chi connectivity index (χ0) is 9.61. The number of hydrogen-bond donors (Lipinski definition) is 2. The molecule has 3 nitrogen and oxygen atoms in total. The van der Waals surface area contributed by atoms with Crippen LogP contribution in [0.2, 0.25) is 0 Å². The van der Waals surface area contributed by atoms with Gasteiger partial charge in [0.05, 0.1) is 0 Å². The molecule has 0 heterocycles. The van der Waals surface area contributed by atoms with Crippen molar-refractivity contribution in [2.45, 2.75) is 0 Å². The van der Waals surface area contributed by atoms with E-state index in [0.717, 1.165) is 5.56 Å². The van der Waals surface area contributed by atoms with Gasteiger partial charge in [-0.25, -0.2) is 0 Å². The third-order valence-electron chi connectivity index (χ3n) is 0.843. The second-order valence-corrected chi connectivity index (χ2v) is 4.13. The third-order valence-corrected chi connectivity index (χ3v) is 0.843. The Labute approximate surface area is 105 Å². The van der Waals surface area contributed by atoms with Gasteiger partial charge in [-0.2, -0.15) is 28.8 Å². The molecule has 0 fully saturated rings. The number of hydrogen-bond acceptors (Lipinski definition) is 2. The van der Waals surface area contributed by atoms with Crippen molar-refractivity contribution >= 4 is 20.2 Å². The zero-order valence-electron chi connectivity index (χ0n) is 7.21. The van der Waals surface area contributed by atoms with Gasteiger partial charge in [0.1, 0.15) is 0 Å². The monoisotopic (exact) mass is 228 g/mol. The normalized spacial score (nSPS) is 9.08. The average Bonchev–Trinajstić information content (AvgIpc) is 1.85. The predicted molar refractivity (Wildman–Crippen MR) is 51.7 cm³/mol. The first-order valence-corrected chi connectivity index (χ1v) is 5.36. The smallest absolute Gasteiger partial charge is 0.285 e. The molecule has 1 aromatic carbocycles.